The molecule has 2 aromatic rings. The van der Waals surface area contributed by atoms with E-state index in [1.54, 1.807) is 13.3 Å². The average Bonchev–Trinajstić information content (AvgIpc) is 3.27. The Morgan fingerprint density at radius 2 is 1.90 bits per heavy atom. The maximum atomic E-state index is 5.97. The highest BCUT2D eigenvalue weighted by atomic mass is 16.5. The predicted molar refractivity (Wildman–Crippen MR) is 121 cm³/mol. The van der Waals surface area contributed by atoms with Crippen molar-refractivity contribution in [3.05, 3.63) is 59.8 Å². The van der Waals surface area contributed by atoms with Gasteiger partial charge in [0.2, 0.25) is 5.88 Å². The maximum Gasteiger partial charge on any atom is 0.218 e. The van der Waals surface area contributed by atoms with E-state index in [1.807, 2.05) is 37.4 Å². The van der Waals surface area contributed by atoms with E-state index in [0.717, 1.165) is 36.7 Å². The Bertz CT molecular complexity index is 789. The molecule has 1 aromatic carbocycles. The van der Waals surface area contributed by atoms with Crippen LogP contribution in [0.5, 0.6) is 5.88 Å². The summed E-state index contributed by atoms with van der Waals surface area (Å²) < 4.78 is 11.3. The summed E-state index contributed by atoms with van der Waals surface area (Å²) in [7, 11) is 3.59. The zero-order valence-electron chi connectivity index (χ0n) is 18.2. The number of nitrogens with one attached hydrogen (secondary N) is 2. The number of aliphatic imine (C=N–C) groups is 1. The van der Waals surface area contributed by atoms with Crippen molar-refractivity contribution in [2.24, 2.45) is 10.4 Å². The van der Waals surface area contributed by atoms with Crippen molar-refractivity contribution < 1.29 is 9.47 Å². The number of hydrogen-bond acceptors (Lipinski definition) is 4. The SMILES string of the molecule is CN=C(NCc1cccnc1OCc1ccccc1)NCC1(CCOC)CCCC1. The van der Waals surface area contributed by atoms with Gasteiger partial charge in [-0.15, -0.1) is 0 Å². The Balaban J connectivity index is 1.53. The molecule has 6 heteroatoms. The van der Waals surface area contributed by atoms with Gasteiger partial charge in [-0.2, -0.15) is 0 Å². The number of ether oxygens (including phenoxy) is 2. The van der Waals surface area contributed by atoms with Crippen LogP contribution >= 0.6 is 0 Å². The van der Waals surface area contributed by atoms with Gasteiger partial charge in [0, 0.05) is 45.6 Å². The van der Waals surface area contributed by atoms with Crippen LogP contribution in [0.4, 0.5) is 0 Å². The van der Waals surface area contributed by atoms with Crippen LogP contribution in [0.2, 0.25) is 0 Å². The van der Waals surface area contributed by atoms with Crippen molar-refractivity contribution in [3.63, 3.8) is 0 Å². The van der Waals surface area contributed by atoms with Crippen LogP contribution in [0.1, 0.15) is 43.2 Å². The first-order valence-electron chi connectivity index (χ1n) is 10.8. The number of aromatic nitrogens is 1. The predicted octanol–water partition coefficient (Wildman–Crippen LogP) is 3.92. The third kappa shape index (κ3) is 6.46. The molecule has 0 unspecified atom stereocenters. The van der Waals surface area contributed by atoms with E-state index >= 15 is 0 Å². The summed E-state index contributed by atoms with van der Waals surface area (Å²) in [6.45, 7) is 2.83. The van der Waals surface area contributed by atoms with Crippen LogP contribution < -0.4 is 15.4 Å². The van der Waals surface area contributed by atoms with E-state index < -0.39 is 0 Å². The molecule has 0 amide bonds. The standard InChI is InChI=1S/C24H34N4O2/c1-25-23(28-19-24(14-16-29-2)12-6-7-13-24)27-17-21-11-8-15-26-22(21)30-18-20-9-4-3-5-10-20/h3-5,8-11,15H,6-7,12-14,16-19H2,1-2H3,(H2,25,27,28). The van der Waals surface area contributed by atoms with Crippen LogP contribution in [0.15, 0.2) is 53.7 Å². The highest BCUT2D eigenvalue weighted by molar-refractivity contribution is 5.79. The number of benzene rings is 1. The van der Waals surface area contributed by atoms with E-state index in [4.69, 9.17) is 9.47 Å². The van der Waals surface area contributed by atoms with Crippen molar-refractivity contribution in [1.82, 2.24) is 15.6 Å². The van der Waals surface area contributed by atoms with Crippen molar-refractivity contribution >= 4 is 5.96 Å². The molecule has 1 aliphatic rings. The summed E-state index contributed by atoms with van der Waals surface area (Å²) in [4.78, 5) is 8.82. The quantitative estimate of drug-likeness (QED) is 0.459. The molecular weight excluding hydrogens is 376 g/mol. The van der Waals surface area contributed by atoms with Crippen molar-refractivity contribution in [1.29, 1.82) is 0 Å². The zero-order chi connectivity index (χ0) is 21.1. The van der Waals surface area contributed by atoms with Gasteiger partial charge in [-0.25, -0.2) is 4.98 Å². The van der Waals surface area contributed by atoms with Crippen LogP contribution in [-0.4, -0.2) is 38.3 Å². The highest BCUT2D eigenvalue weighted by Crippen LogP contribution is 2.40. The van der Waals surface area contributed by atoms with E-state index in [9.17, 15) is 0 Å². The zero-order valence-corrected chi connectivity index (χ0v) is 18.2. The first kappa shape index (κ1) is 22.1. The Morgan fingerprint density at radius 3 is 2.63 bits per heavy atom. The fraction of sp³-hybridized carbons (Fsp3) is 0.500. The van der Waals surface area contributed by atoms with Crippen LogP contribution in [0, 0.1) is 5.41 Å². The number of nitrogens with zero attached hydrogens (tertiary/aromatic N) is 2. The lowest BCUT2D eigenvalue weighted by molar-refractivity contribution is 0.138. The van der Waals surface area contributed by atoms with E-state index in [0.29, 0.717) is 24.4 Å². The van der Waals surface area contributed by atoms with Gasteiger partial charge in [-0.3, -0.25) is 4.99 Å². The minimum Gasteiger partial charge on any atom is -0.473 e. The van der Waals surface area contributed by atoms with E-state index in [2.05, 4.69) is 32.7 Å². The molecule has 30 heavy (non-hydrogen) atoms. The van der Waals surface area contributed by atoms with Gasteiger partial charge in [-0.05, 0) is 36.3 Å². The van der Waals surface area contributed by atoms with Gasteiger partial charge in [0.15, 0.2) is 5.96 Å². The van der Waals surface area contributed by atoms with E-state index in [-0.39, 0.29) is 0 Å². The van der Waals surface area contributed by atoms with Crippen molar-refractivity contribution in [3.8, 4) is 5.88 Å². The molecule has 0 atom stereocenters. The second-order valence-electron chi connectivity index (χ2n) is 7.97. The molecule has 0 spiro atoms. The van der Waals surface area contributed by atoms with Gasteiger partial charge in [0.25, 0.3) is 0 Å². The Morgan fingerprint density at radius 1 is 1.10 bits per heavy atom. The first-order valence-corrected chi connectivity index (χ1v) is 10.8. The second kappa shape index (κ2) is 11.6. The molecule has 0 aliphatic heterocycles. The Kier molecular flexibility index (Phi) is 8.51. The molecule has 1 fully saturated rings. The summed E-state index contributed by atoms with van der Waals surface area (Å²) in [5.41, 5.74) is 2.44. The molecular formula is C24H34N4O2. The molecule has 1 aromatic heterocycles. The summed E-state index contributed by atoms with van der Waals surface area (Å²) in [5.74, 6) is 1.45. The number of guanidine groups is 1. The molecule has 162 valence electrons. The van der Waals surface area contributed by atoms with Crippen LogP contribution in [0.3, 0.4) is 0 Å². The highest BCUT2D eigenvalue weighted by Gasteiger charge is 2.33. The number of rotatable bonds is 10. The molecule has 1 aliphatic carbocycles. The fourth-order valence-corrected chi connectivity index (χ4v) is 4.04. The Labute approximate surface area is 180 Å². The monoisotopic (exact) mass is 410 g/mol. The molecule has 0 bridgehead atoms. The van der Waals surface area contributed by atoms with Gasteiger partial charge in [0.05, 0.1) is 0 Å². The normalized spacial score (nSPS) is 15.7. The molecule has 1 heterocycles. The summed E-state index contributed by atoms with van der Waals surface area (Å²) >= 11 is 0. The third-order valence-corrected chi connectivity index (χ3v) is 5.87. The Hall–Kier alpha value is -2.60. The van der Waals surface area contributed by atoms with Gasteiger partial charge < -0.3 is 20.1 Å². The maximum absolute atomic E-state index is 5.97. The molecule has 2 N–H and O–H groups in total. The number of methoxy groups -OCH3 is 1. The topological polar surface area (TPSA) is 67.8 Å². The summed E-state index contributed by atoms with van der Waals surface area (Å²) in [5, 5.41) is 6.94. The minimum absolute atomic E-state index is 0.311. The van der Waals surface area contributed by atoms with Crippen LogP contribution in [0.25, 0.3) is 0 Å². The lowest BCUT2D eigenvalue weighted by atomic mass is 9.83. The molecule has 0 saturated heterocycles. The largest absolute Gasteiger partial charge is 0.473 e. The lowest BCUT2D eigenvalue weighted by Crippen LogP contribution is -2.43. The minimum atomic E-state index is 0.311. The van der Waals surface area contributed by atoms with Gasteiger partial charge >= 0.3 is 0 Å². The average molecular weight is 411 g/mol. The molecule has 6 nitrogen and oxygen atoms in total. The molecule has 1 saturated carbocycles. The molecule has 3 rings (SSSR count). The van der Waals surface area contributed by atoms with Crippen molar-refractivity contribution in [2.45, 2.75) is 45.3 Å². The molecule has 0 radical (unpaired) electrons. The third-order valence-electron chi connectivity index (χ3n) is 5.87. The van der Waals surface area contributed by atoms with Crippen LogP contribution in [-0.2, 0) is 17.9 Å². The van der Waals surface area contributed by atoms with Gasteiger partial charge in [-0.1, -0.05) is 49.2 Å². The summed E-state index contributed by atoms with van der Waals surface area (Å²) in [6.07, 6.45) is 7.95. The fourth-order valence-electron chi connectivity index (χ4n) is 4.04. The second-order valence-corrected chi connectivity index (χ2v) is 7.97. The summed E-state index contributed by atoms with van der Waals surface area (Å²) in [6, 6.07) is 14.1. The number of hydrogen-bond donors (Lipinski definition) is 2. The van der Waals surface area contributed by atoms with E-state index in [1.165, 1.54) is 25.7 Å². The smallest absolute Gasteiger partial charge is 0.218 e. The first-order chi connectivity index (χ1) is 14.7. The van der Waals surface area contributed by atoms with Gasteiger partial charge in [0.1, 0.15) is 6.61 Å². The lowest BCUT2D eigenvalue weighted by Gasteiger charge is -2.30. The van der Waals surface area contributed by atoms with Crippen molar-refractivity contribution in [2.75, 3.05) is 27.3 Å². The number of pyridine rings is 1.